The van der Waals surface area contributed by atoms with Crippen molar-refractivity contribution in [2.75, 3.05) is 5.32 Å². The first-order valence-corrected chi connectivity index (χ1v) is 9.33. The zero-order valence-corrected chi connectivity index (χ0v) is 16.4. The molecule has 0 radical (unpaired) electrons. The van der Waals surface area contributed by atoms with Gasteiger partial charge in [0.1, 0.15) is 10.8 Å². The molecule has 0 aliphatic rings. The maximum absolute atomic E-state index is 14.4. The highest BCUT2D eigenvalue weighted by Crippen LogP contribution is 2.20. The van der Waals surface area contributed by atoms with Crippen LogP contribution in [-0.2, 0) is 6.54 Å². The lowest BCUT2D eigenvalue weighted by molar-refractivity contribution is 0.616. The van der Waals surface area contributed by atoms with Gasteiger partial charge in [-0.05, 0) is 42.0 Å². The summed E-state index contributed by atoms with van der Waals surface area (Å²) in [6.45, 7) is 0.271. The Hall–Kier alpha value is -3.16. The topological polar surface area (TPSA) is 64.7 Å². The van der Waals surface area contributed by atoms with Gasteiger partial charge in [-0.25, -0.2) is 9.37 Å². The smallest absolute Gasteiger partial charge is 0.292 e. The Kier molecular flexibility index (Phi) is 5.33. The van der Waals surface area contributed by atoms with Gasteiger partial charge in [0.05, 0.1) is 29.6 Å². The summed E-state index contributed by atoms with van der Waals surface area (Å²) < 4.78 is 17.1. The summed E-state index contributed by atoms with van der Waals surface area (Å²) >= 11 is 12.1. The zero-order valence-electron chi connectivity index (χ0n) is 14.9. The van der Waals surface area contributed by atoms with Crippen molar-refractivity contribution in [1.82, 2.24) is 19.3 Å². The maximum atomic E-state index is 14.4. The molecule has 4 aromatic rings. The molecular weight excluding hydrogens is 416 g/mol. The molecule has 9 heteroatoms. The summed E-state index contributed by atoms with van der Waals surface area (Å²) in [6, 6.07) is 11.5. The van der Waals surface area contributed by atoms with Crippen LogP contribution in [0.1, 0.15) is 5.56 Å². The van der Waals surface area contributed by atoms with Crippen LogP contribution in [0.5, 0.6) is 0 Å². The third kappa shape index (κ3) is 4.01. The average Bonchev–Trinajstić information content (AvgIpc) is 3.24. The summed E-state index contributed by atoms with van der Waals surface area (Å²) in [4.78, 5) is 16.5. The molecular formula is C20H14Cl2FN5O. The maximum Gasteiger partial charge on any atom is 0.292 e. The summed E-state index contributed by atoms with van der Waals surface area (Å²) in [7, 11) is 0. The fourth-order valence-electron chi connectivity index (χ4n) is 2.79. The predicted molar refractivity (Wildman–Crippen MR) is 111 cm³/mol. The van der Waals surface area contributed by atoms with Crippen molar-refractivity contribution in [3.63, 3.8) is 0 Å². The van der Waals surface area contributed by atoms with Crippen molar-refractivity contribution in [2.24, 2.45) is 0 Å². The molecule has 0 spiro atoms. The van der Waals surface area contributed by atoms with E-state index in [-0.39, 0.29) is 17.4 Å². The standard InChI is InChI=1S/C20H14Cl2FN5O/c21-14-2-4-15(5-3-14)28-20(29)19(22)17(11-26-28)25-10-13-1-6-18(16(23)9-13)27-8-7-24-12-27/h1-9,11-12,25H,10H2. The monoisotopic (exact) mass is 429 g/mol. The van der Waals surface area contributed by atoms with Gasteiger partial charge in [-0.3, -0.25) is 4.79 Å². The van der Waals surface area contributed by atoms with Gasteiger partial charge in [0, 0.05) is 24.0 Å². The van der Waals surface area contributed by atoms with Crippen LogP contribution in [0.2, 0.25) is 10.0 Å². The highest BCUT2D eigenvalue weighted by atomic mass is 35.5. The van der Waals surface area contributed by atoms with E-state index in [1.54, 1.807) is 53.4 Å². The van der Waals surface area contributed by atoms with Crippen LogP contribution in [-0.4, -0.2) is 19.3 Å². The van der Waals surface area contributed by atoms with E-state index in [0.717, 1.165) is 0 Å². The van der Waals surface area contributed by atoms with Crippen LogP contribution >= 0.6 is 23.2 Å². The van der Waals surface area contributed by atoms with E-state index in [9.17, 15) is 9.18 Å². The molecule has 2 aromatic carbocycles. The van der Waals surface area contributed by atoms with Crippen LogP contribution in [0.3, 0.4) is 0 Å². The molecule has 0 saturated heterocycles. The van der Waals surface area contributed by atoms with Crippen LogP contribution in [0.4, 0.5) is 10.1 Å². The Morgan fingerprint density at radius 1 is 1.10 bits per heavy atom. The van der Waals surface area contributed by atoms with Crippen molar-refractivity contribution in [3.05, 3.63) is 99.2 Å². The number of benzene rings is 2. The lowest BCUT2D eigenvalue weighted by Gasteiger charge is -2.11. The van der Waals surface area contributed by atoms with Gasteiger partial charge >= 0.3 is 0 Å². The molecule has 6 nitrogen and oxygen atoms in total. The largest absolute Gasteiger partial charge is 0.378 e. The second-order valence-electron chi connectivity index (χ2n) is 6.17. The molecule has 0 unspecified atom stereocenters. The van der Waals surface area contributed by atoms with Crippen molar-refractivity contribution >= 4 is 28.9 Å². The van der Waals surface area contributed by atoms with Crippen LogP contribution in [0, 0.1) is 5.82 Å². The van der Waals surface area contributed by atoms with Crippen LogP contribution in [0.15, 0.2) is 72.2 Å². The Balaban J connectivity index is 1.53. The highest BCUT2D eigenvalue weighted by Gasteiger charge is 2.11. The molecule has 4 rings (SSSR count). The molecule has 146 valence electrons. The number of halogens is 3. The van der Waals surface area contributed by atoms with Crippen LogP contribution in [0.25, 0.3) is 11.4 Å². The van der Waals surface area contributed by atoms with Gasteiger partial charge in [-0.1, -0.05) is 29.3 Å². The molecule has 2 aromatic heterocycles. The van der Waals surface area contributed by atoms with E-state index >= 15 is 0 Å². The Morgan fingerprint density at radius 3 is 2.59 bits per heavy atom. The third-order valence-electron chi connectivity index (χ3n) is 4.27. The molecule has 29 heavy (non-hydrogen) atoms. The Bertz CT molecular complexity index is 1210. The molecule has 0 atom stereocenters. The fraction of sp³-hybridized carbons (Fsp3) is 0.0500. The first-order chi connectivity index (χ1) is 14.0. The van der Waals surface area contributed by atoms with E-state index in [0.29, 0.717) is 27.6 Å². The summed E-state index contributed by atoms with van der Waals surface area (Å²) in [5.74, 6) is -0.385. The SMILES string of the molecule is O=c1c(Cl)c(NCc2ccc(-n3ccnc3)c(F)c2)cnn1-c1ccc(Cl)cc1. The second-order valence-corrected chi connectivity index (χ2v) is 6.99. The minimum absolute atomic E-state index is 0.00884. The molecule has 1 N–H and O–H groups in total. The van der Waals surface area contributed by atoms with E-state index in [1.807, 2.05) is 0 Å². The summed E-state index contributed by atoms with van der Waals surface area (Å²) in [5.41, 5.74) is 1.52. The number of anilines is 1. The second kappa shape index (κ2) is 8.06. The van der Waals surface area contributed by atoms with E-state index in [1.165, 1.54) is 23.3 Å². The normalized spacial score (nSPS) is 10.9. The number of aromatic nitrogens is 4. The van der Waals surface area contributed by atoms with Gasteiger partial charge in [0.15, 0.2) is 0 Å². The number of nitrogens with zero attached hydrogens (tertiary/aromatic N) is 4. The van der Waals surface area contributed by atoms with Crippen molar-refractivity contribution < 1.29 is 4.39 Å². The highest BCUT2D eigenvalue weighted by molar-refractivity contribution is 6.33. The number of hydrogen-bond acceptors (Lipinski definition) is 4. The summed E-state index contributed by atoms with van der Waals surface area (Å²) in [6.07, 6.45) is 6.22. The van der Waals surface area contributed by atoms with Gasteiger partial charge in [0.25, 0.3) is 5.56 Å². The number of hydrogen-bond donors (Lipinski definition) is 1. The van der Waals surface area contributed by atoms with Crippen molar-refractivity contribution in [2.45, 2.75) is 6.54 Å². The third-order valence-corrected chi connectivity index (χ3v) is 4.88. The predicted octanol–water partition coefficient (Wildman–Crippen LogP) is 4.48. The number of imidazole rings is 1. The Morgan fingerprint density at radius 2 is 1.90 bits per heavy atom. The molecule has 0 aliphatic heterocycles. The quantitative estimate of drug-likeness (QED) is 0.507. The van der Waals surface area contributed by atoms with Gasteiger partial charge < -0.3 is 9.88 Å². The Labute approximate surface area is 175 Å². The fourth-order valence-corrected chi connectivity index (χ4v) is 3.11. The minimum Gasteiger partial charge on any atom is -0.378 e. The first-order valence-electron chi connectivity index (χ1n) is 8.57. The van der Waals surface area contributed by atoms with Gasteiger partial charge in [0.2, 0.25) is 0 Å². The lowest BCUT2D eigenvalue weighted by Crippen LogP contribution is -2.22. The molecule has 0 saturated carbocycles. The zero-order chi connectivity index (χ0) is 20.4. The van der Waals surface area contributed by atoms with Crippen molar-refractivity contribution in [1.29, 1.82) is 0 Å². The van der Waals surface area contributed by atoms with Crippen molar-refractivity contribution in [3.8, 4) is 11.4 Å². The van der Waals surface area contributed by atoms with E-state index in [2.05, 4.69) is 15.4 Å². The molecule has 0 aliphatic carbocycles. The van der Waals surface area contributed by atoms with Gasteiger partial charge in [-0.15, -0.1) is 0 Å². The lowest BCUT2D eigenvalue weighted by atomic mass is 10.2. The molecule has 0 fully saturated rings. The molecule has 0 amide bonds. The van der Waals surface area contributed by atoms with Crippen LogP contribution < -0.4 is 10.9 Å². The molecule has 2 heterocycles. The number of rotatable bonds is 5. The minimum atomic E-state index is -0.472. The number of nitrogens with one attached hydrogen (secondary N) is 1. The first kappa shape index (κ1) is 19.2. The summed E-state index contributed by atoms with van der Waals surface area (Å²) in [5, 5.41) is 7.72. The molecule has 0 bridgehead atoms. The van der Waals surface area contributed by atoms with Gasteiger partial charge in [-0.2, -0.15) is 9.78 Å². The average molecular weight is 430 g/mol. The van der Waals surface area contributed by atoms with E-state index < -0.39 is 5.56 Å². The van der Waals surface area contributed by atoms with E-state index in [4.69, 9.17) is 23.2 Å².